The van der Waals surface area contributed by atoms with Crippen molar-refractivity contribution in [1.29, 1.82) is 0 Å². The molecule has 0 radical (unpaired) electrons. The summed E-state index contributed by atoms with van der Waals surface area (Å²) in [6, 6.07) is 11.1. The number of hydrogen-bond acceptors (Lipinski definition) is 4. The third-order valence-corrected chi connectivity index (χ3v) is 3.10. The van der Waals surface area contributed by atoms with Gasteiger partial charge in [-0.15, -0.1) is 0 Å². The van der Waals surface area contributed by atoms with Gasteiger partial charge in [-0.3, -0.25) is 14.6 Å². The van der Waals surface area contributed by atoms with E-state index < -0.39 is 0 Å². The lowest BCUT2D eigenvalue weighted by atomic mass is 10.2. The van der Waals surface area contributed by atoms with Gasteiger partial charge < -0.3 is 16.0 Å². The number of anilines is 2. The predicted octanol–water partition coefficient (Wildman–Crippen LogP) is 2.16. The zero-order chi connectivity index (χ0) is 16.5. The zero-order valence-corrected chi connectivity index (χ0v) is 13.0. The summed E-state index contributed by atoms with van der Waals surface area (Å²) in [7, 11) is 0. The summed E-state index contributed by atoms with van der Waals surface area (Å²) in [5.74, 6) is -0.118. The third-order valence-electron chi connectivity index (χ3n) is 3.10. The van der Waals surface area contributed by atoms with E-state index in [4.69, 9.17) is 0 Å². The van der Waals surface area contributed by atoms with Crippen LogP contribution in [0.25, 0.3) is 0 Å². The Balaban J connectivity index is 1.68. The van der Waals surface area contributed by atoms with Gasteiger partial charge in [0.05, 0.1) is 0 Å². The first-order valence-corrected chi connectivity index (χ1v) is 7.40. The largest absolute Gasteiger partial charge is 0.385 e. The number of carbonyl (C=O) groups excluding carboxylic acids is 2. The molecule has 120 valence electrons. The van der Waals surface area contributed by atoms with Gasteiger partial charge in [0, 0.05) is 50.2 Å². The molecule has 3 N–H and O–H groups in total. The Labute approximate surface area is 135 Å². The predicted molar refractivity (Wildman–Crippen MR) is 89.9 cm³/mol. The number of pyridine rings is 1. The molecule has 0 fully saturated rings. The fourth-order valence-corrected chi connectivity index (χ4v) is 1.99. The van der Waals surface area contributed by atoms with Gasteiger partial charge in [-0.05, 0) is 35.9 Å². The summed E-state index contributed by atoms with van der Waals surface area (Å²) < 4.78 is 0. The van der Waals surface area contributed by atoms with Crippen LogP contribution >= 0.6 is 0 Å². The molecule has 0 saturated carbocycles. The average molecular weight is 312 g/mol. The minimum atomic E-state index is -0.101. The molecule has 0 spiro atoms. The Morgan fingerprint density at radius 2 is 1.83 bits per heavy atom. The molecule has 2 aromatic rings. The van der Waals surface area contributed by atoms with Crippen LogP contribution in [0.5, 0.6) is 0 Å². The van der Waals surface area contributed by atoms with Gasteiger partial charge in [0.25, 0.3) is 0 Å². The van der Waals surface area contributed by atoms with Crippen LogP contribution in [0.4, 0.5) is 11.4 Å². The van der Waals surface area contributed by atoms with Gasteiger partial charge in [-0.25, -0.2) is 0 Å². The Hall–Kier alpha value is -2.89. The molecule has 0 saturated heterocycles. The third kappa shape index (κ3) is 6.17. The smallest absolute Gasteiger partial charge is 0.222 e. The van der Waals surface area contributed by atoms with Gasteiger partial charge >= 0.3 is 0 Å². The van der Waals surface area contributed by atoms with Gasteiger partial charge in [0.1, 0.15) is 0 Å². The monoisotopic (exact) mass is 312 g/mol. The van der Waals surface area contributed by atoms with E-state index in [0.717, 1.165) is 16.9 Å². The minimum absolute atomic E-state index is 0.0174. The second-order valence-corrected chi connectivity index (χ2v) is 5.07. The van der Waals surface area contributed by atoms with Crippen molar-refractivity contribution in [2.24, 2.45) is 0 Å². The van der Waals surface area contributed by atoms with Crippen molar-refractivity contribution in [3.8, 4) is 0 Å². The second kappa shape index (κ2) is 8.53. The van der Waals surface area contributed by atoms with Crippen LogP contribution in [-0.4, -0.2) is 23.3 Å². The topological polar surface area (TPSA) is 83.1 Å². The zero-order valence-electron chi connectivity index (χ0n) is 13.0. The highest BCUT2D eigenvalue weighted by Gasteiger charge is 2.02. The minimum Gasteiger partial charge on any atom is -0.385 e. The molecule has 0 unspecified atom stereocenters. The molecular formula is C17H20N4O2. The van der Waals surface area contributed by atoms with Crippen LogP contribution in [0, 0.1) is 0 Å². The number of amides is 2. The SMILES string of the molecule is CC(=O)Nc1ccc(NCCC(=O)NCc2cccnc2)cc1. The van der Waals surface area contributed by atoms with E-state index in [1.54, 1.807) is 12.4 Å². The van der Waals surface area contributed by atoms with Crippen molar-refractivity contribution >= 4 is 23.2 Å². The molecule has 1 aromatic carbocycles. The van der Waals surface area contributed by atoms with Crippen LogP contribution < -0.4 is 16.0 Å². The van der Waals surface area contributed by atoms with E-state index in [1.165, 1.54) is 6.92 Å². The van der Waals surface area contributed by atoms with Gasteiger partial charge in [0.2, 0.25) is 11.8 Å². The molecule has 23 heavy (non-hydrogen) atoms. The number of nitrogens with zero attached hydrogens (tertiary/aromatic N) is 1. The van der Waals surface area contributed by atoms with Crippen molar-refractivity contribution in [3.63, 3.8) is 0 Å². The molecule has 0 aliphatic heterocycles. The van der Waals surface area contributed by atoms with E-state index in [0.29, 0.717) is 19.5 Å². The lowest BCUT2D eigenvalue weighted by molar-refractivity contribution is -0.121. The first-order valence-electron chi connectivity index (χ1n) is 7.40. The molecule has 2 amide bonds. The molecule has 6 heteroatoms. The van der Waals surface area contributed by atoms with Crippen molar-refractivity contribution in [2.45, 2.75) is 19.9 Å². The average Bonchev–Trinajstić information content (AvgIpc) is 2.55. The number of hydrogen-bond donors (Lipinski definition) is 3. The summed E-state index contributed by atoms with van der Waals surface area (Å²) in [6.07, 6.45) is 3.81. The molecule has 6 nitrogen and oxygen atoms in total. The highest BCUT2D eigenvalue weighted by Crippen LogP contribution is 2.13. The normalized spacial score (nSPS) is 9.96. The first-order chi connectivity index (χ1) is 11.1. The summed E-state index contributed by atoms with van der Waals surface area (Å²) in [5, 5.41) is 8.72. The fourth-order valence-electron chi connectivity index (χ4n) is 1.99. The number of carbonyl (C=O) groups is 2. The number of benzene rings is 1. The number of aromatic nitrogens is 1. The maximum Gasteiger partial charge on any atom is 0.222 e. The molecule has 0 atom stereocenters. The van der Waals surface area contributed by atoms with Crippen LogP contribution in [0.1, 0.15) is 18.9 Å². The Morgan fingerprint density at radius 3 is 2.48 bits per heavy atom. The van der Waals surface area contributed by atoms with E-state index in [9.17, 15) is 9.59 Å². The molecule has 0 aliphatic rings. The van der Waals surface area contributed by atoms with Crippen molar-refractivity contribution < 1.29 is 9.59 Å². The summed E-state index contributed by atoms with van der Waals surface area (Å²) in [5.41, 5.74) is 2.62. The van der Waals surface area contributed by atoms with Crippen LogP contribution in [0.3, 0.4) is 0 Å². The van der Waals surface area contributed by atoms with E-state index in [-0.39, 0.29) is 11.8 Å². The molecule has 1 heterocycles. The highest BCUT2D eigenvalue weighted by atomic mass is 16.2. The molecule has 0 bridgehead atoms. The lowest BCUT2D eigenvalue weighted by Crippen LogP contribution is -2.24. The summed E-state index contributed by atoms with van der Waals surface area (Å²) in [6.45, 7) is 2.49. The molecular weight excluding hydrogens is 292 g/mol. The standard InChI is InChI=1S/C17H20N4O2/c1-13(22)21-16-6-4-15(5-7-16)19-10-8-17(23)20-12-14-3-2-9-18-11-14/h2-7,9,11,19H,8,10,12H2,1H3,(H,20,23)(H,21,22). The fraction of sp³-hybridized carbons (Fsp3) is 0.235. The van der Waals surface area contributed by atoms with Gasteiger partial charge in [-0.1, -0.05) is 6.07 Å². The van der Waals surface area contributed by atoms with Crippen molar-refractivity contribution in [3.05, 3.63) is 54.4 Å². The quantitative estimate of drug-likeness (QED) is 0.731. The first kappa shape index (κ1) is 16.5. The number of nitrogens with one attached hydrogen (secondary N) is 3. The number of rotatable bonds is 7. The summed E-state index contributed by atoms with van der Waals surface area (Å²) >= 11 is 0. The lowest BCUT2D eigenvalue weighted by Gasteiger charge is -2.08. The Kier molecular flexibility index (Phi) is 6.11. The van der Waals surface area contributed by atoms with Crippen molar-refractivity contribution in [1.82, 2.24) is 10.3 Å². The van der Waals surface area contributed by atoms with E-state index >= 15 is 0 Å². The van der Waals surface area contributed by atoms with Crippen LogP contribution in [0.2, 0.25) is 0 Å². The summed E-state index contributed by atoms with van der Waals surface area (Å²) in [4.78, 5) is 26.7. The van der Waals surface area contributed by atoms with Gasteiger partial charge in [0.15, 0.2) is 0 Å². The second-order valence-electron chi connectivity index (χ2n) is 5.07. The maximum absolute atomic E-state index is 11.8. The Morgan fingerprint density at radius 1 is 1.09 bits per heavy atom. The van der Waals surface area contributed by atoms with Crippen LogP contribution in [0.15, 0.2) is 48.8 Å². The molecule has 2 rings (SSSR count). The maximum atomic E-state index is 11.8. The van der Waals surface area contributed by atoms with E-state index in [2.05, 4.69) is 20.9 Å². The molecule has 1 aromatic heterocycles. The van der Waals surface area contributed by atoms with E-state index in [1.807, 2.05) is 36.4 Å². The van der Waals surface area contributed by atoms with Crippen molar-refractivity contribution in [2.75, 3.05) is 17.2 Å². The van der Waals surface area contributed by atoms with Crippen LogP contribution in [-0.2, 0) is 16.1 Å². The van der Waals surface area contributed by atoms with Gasteiger partial charge in [-0.2, -0.15) is 0 Å². The highest BCUT2D eigenvalue weighted by molar-refractivity contribution is 5.88. The molecule has 0 aliphatic carbocycles. The Bertz CT molecular complexity index is 641.